The number of fused-ring (bicyclic) bond motifs is 1. The molecule has 1 fully saturated rings. The largest absolute Gasteiger partial charge is 0.446 e. The van der Waals surface area contributed by atoms with E-state index in [1.165, 1.54) is 0 Å². The Labute approximate surface area is 231 Å². The second-order valence-corrected chi connectivity index (χ2v) is 10.4. The second kappa shape index (κ2) is 14.3. The highest BCUT2D eigenvalue weighted by molar-refractivity contribution is 14.1. The fraction of sp³-hybridized carbons (Fsp3) is 0.652. The summed E-state index contributed by atoms with van der Waals surface area (Å²) in [5.74, 6) is 6.36. The normalized spacial score (nSPS) is 23.1. The van der Waals surface area contributed by atoms with E-state index in [4.69, 9.17) is 14.2 Å². The van der Waals surface area contributed by atoms with Gasteiger partial charge in [-0.25, -0.2) is 4.79 Å². The maximum absolute atomic E-state index is 11.9. The molecule has 2 aliphatic carbocycles. The van der Waals surface area contributed by atoms with E-state index in [1.54, 1.807) is 0 Å². The Balaban J connectivity index is 1.11. The Morgan fingerprint density at radius 1 is 0.886 bits per heavy atom. The molecule has 2 unspecified atom stereocenters. The van der Waals surface area contributed by atoms with Crippen LogP contribution in [0.2, 0.25) is 0 Å². The van der Waals surface area contributed by atoms with Gasteiger partial charge in [-0.3, -0.25) is 19.3 Å². The molecule has 0 saturated heterocycles. The molecule has 10 nitrogen and oxygen atoms in total. The van der Waals surface area contributed by atoms with Gasteiger partial charge in [0.05, 0.1) is 40.1 Å². The minimum atomic E-state index is -0.418. The van der Waals surface area contributed by atoms with Crippen molar-refractivity contribution in [3.8, 4) is 11.8 Å². The first kappa shape index (κ1) is 28.1. The number of halogens is 2. The van der Waals surface area contributed by atoms with Crippen molar-refractivity contribution >= 4 is 69.0 Å². The van der Waals surface area contributed by atoms with Gasteiger partial charge < -0.3 is 24.8 Å². The van der Waals surface area contributed by atoms with Crippen molar-refractivity contribution in [1.82, 2.24) is 15.5 Å². The average Bonchev–Trinajstić information content (AvgIpc) is 3.41. The van der Waals surface area contributed by atoms with Gasteiger partial charge in [0.2, 0.25) is 5.91 Å². The average molecular weight is 713 g/mol. The van der Waals surface area contributed by atoms with Gasteiger partial charge in [0.25, 0.3) is 11.8 Å². The maximum atomic E-state index is 11.9. The molecule has 2 N–H and O–H groups in total. The molecule has 0 aromatic rings. The highest BCUT2D eigenvalue weighted by Crippen LogP contribution is 2.48. The van der Waals surface area contributed by atoms with Gasteiger partial charge in [0, 0.05) is 44.2 Å². The van der Waals surface area contributed by atoms with Crippen LogP contribution in [0.3, 0.4) is 0 Å². The summed E-state index contributed by atoms with van der Waals surface area (Å²) in [5.41, 5.74) is 0. The summed E-state index contributed by atoms with van der Waals surface area (Å²) < 4.78 is 17.1. The predicted molar refractivity (Wildman–Crippen MR) is 143 cm³/mol. The third-order valence-corrected chi connectivity index (χ3v) is 8.94. The lowest BCUT2D eigenvalue weighted by Crippen LogP contribution is -2.34. The number of rotatable bonds is 13. The minimum Gasteiger partial charge on any atom is -0.446 e. The summed E-state index contributed by atoms with van der Waals surface area (Å²) >= 11 is 3.72. The summed E-state index contributed by atoms with van der Waals surface area (Å²) in [6.07, 6.45) is 3.49. The lowest BCUT2D eigenvalue weighted by Gasteiger charge is -2.14. The van der Waals surface area contributed by atoms with Crippen molar-refractivity contribution < 1.29 is 33.4 Å². The van der Waals surface area contributed by atoms with Crippen LogP contribution in [0.25, 0.3) is 0 Å². The van der Waals surface area contributed by atoms with Crippen molar-refractivity contribution in [3.63, 3.8) is 0 Å². The van der Waals surface area contributed by atoms with Gasteiger partial charge in [0.15, 0.2) is 0 Å². The Morgan fingerprint density at radius 3 is 2.09 bits per heavy atom. The number of ether oxygens (including phenoxy) is 3. The number of hydrogen-bond acceptors (Lipinski definition) is 7. The number of carbonyl (C=O) groups excluding carboxylic acids is 4. The summed E-state index contributed by atoms with van der Waals surface area (Å²) in [7, 11) is 0. The zero-order chi connectivity index (χ0) is 25.2. The smallest absolute Gasteiger partial charge is 0.407 e. The fourth-order valence-corrected chi connectivity index (χ4v) is 5.03. The number of carbonyl (C=O) groups is 4. The number of imide groups is 1. The van der Waals surface area contributed by atoms with Crippen LogP contribution in [0.5, 0.6) is 0 Å². The molecule has 0 aromatic heterocycles. The molecule has 0 aromatic carbocycles. The number of alkyl carbamates (subject to hydrolysis) is 1. The maximum Gasteiger partial charge on any atom is 0.407 e. The highest BCUT2D eigenvalue weighted by Gasteiger charge is 2.52. The molecule has 0 radical (unpaired) electrons. The molecule has 3 aliphatic rings. The molecule has 0 spiro atoms. The number of nitrogens with one attached hydrogen (secondary N) is 2. The van der Waals surface area contributed by atoms with Crippen LogP contribution in [0, 0.1) is 23.7 Å². The SMILES string of the molecule is O=C(CCOCCN1C(=O)C(I)=C(I)C1=O)NCCOCCNC(=O)OC1C2CCC#CCCC21. The molecule has 2 atom stereocenters. The monoisotopic (exact) mass is 713 g/mol. The van der Waals surface area contributed by atoms with Crippen molar-refractivity contribution in [1.29, 1.82) is 0 Å². The van der Waals surface area contributed by atoms with Crippen molar-refractivity contribution in [2.24, 2.45) is 11.8 Å². The molecule has 1 saturated carbocycles. The van der Waals surface area contributed by atoms with Gasteiger partial charge in [-0.05, 0) is 58.0 Å². The molecule has 4 amide bonds. The van der Waals surface area contributed by atoms with Crippen molar-refractivity contribution in [3.05, 3.63) is 7.16 Å². The Hall–Kier alpha value is -1.44. The zero-order valence-corrected chi connectivity index (χ0v) is 23.6. The molecule has 1 aliphatic heterocycles. The summed E-state index contributed by atoms with van der Waals surface area (Å²) in [4.78, 5) is 48.8. The predicted octanol–water partition coefficient (Wildman–Crippen LogP) is 1.89. The van der Waals surface area contributed by atoms with E-state index in [-0.39, 0.29) is 50.0 Å². The first-order valence-corrected chi connectivity index (χ1v) is 13.8. The van der Waals surface area contributed by atoms with Crippen LogP contribution >= 0.6 is 45.2 Å². The first-order chi connectivity index (χ1) is 16.9. The van der Waals surface area contributed by atoms with E-state index in [2.05, 4.69) is 22.5 Å². The first-order valence-electron chi connectivity index (χ1n) is 11.6. The standard InChI is InChI=1S/C23H29I2N3O7/c24-18-19(25)22(31)28(21(18)30)10-14-33-11-7-17(29)26-8-12-34-13-9-27-23(32)35-20-15-5-3-1-2-4-6-16(15)20/h15-16,20H,3-14H2,(H,26,29)(H,27,32). The fourth-order valence-electron chi connectivity index (χ4n) is 3.98. The number of nitrogens with zero attached hydrogens (tertiary/aromatic N) is 1. The molecule has 35 heavy (non-hydrogen) atoms. The van der Waals surface area contributed by atoms with E-state index < -0.39 is 6.09 Å². The topological polar surface area (TPSA) is 123 Å². The lowest BCUT2D eigenvalue weighted by atomic mass is 10.1. The summed E-state index contributed by atoms with van der Waals surface area (Å²) in [6.45, 7) is 1.83. The van der Waals surface area contributed by atoms with E-state index in [0.717, 1.165) is 30.6 Å². The van der Waals surface area contributed by atoms with Gasteiger partial charge in [0.1, 0.15) is 6.10 Å². The highest BCUT2D eigenvalue weighted by atomic mass is 127. The van der Waals surface area contributed by atoms with Crippen LogP contribution in [-0.4, -0.2) is 80.9 Å². The van der Waals surface area contributed by atoms with Gasteiger partial charge in [-0.2, -0.15) is 0 Å². The van der Waals surface area contributed by atoms with Gasteiger partial charge in [-0.1, -0.05) is 0 Å². The molecular weight excluding hydrogens is 684 g/mol. The molecule has 12 heteroatoms. The van der Waals surface area contributed by atoms with E-state index >= 15 is 0 Å². The minimum absolute atomic E-state index is 0.00626. The van der Waals surface area contributed by atoms with Crippen LogP contribution in [0.15, 0.2) is 7.16 Å². The Kier molecular flexibility index (Phi) is 11.5. The van der Waals surface area contributed by atoms with E-state index in [1.807, 2.05) is 45.2 Å². The van der Waals surface area contributed by atoms with Crippen LogP contribution in [-0.2, 0) is 28.6 Å². The van der Waals surface area contributed by atoms with Crippen LogP contribution in [0.4, 0.5) is 4.79 Å². The zero-order valence-electron chi connectivity index (χ0n) is 19.3. The molecule has 192 valence electrons. The number of hydrogen-bond donors (Lipinski definition) is 2. The Morgan fingerprint density at radius 2 is 1.46 bits per heavy atom. The summed E-state index contributed by atoms with van der Waals surface area (Å²) in [5, 5.41) is 5.41. The van der Waals surface area contributed by atoms with E-state index in [0.29, 0.717) is 45.3 Å². The van der Waals surface area contributed by atoms with Crippen LogP contribution < -0.4 is 10.6 Å². The second-order valence-electron chi connectivity index (χ2n) is 8.27. The quantitative estimate of drug-likeness (QED) is 0.130. The molecule has 1 heterocycles. The lowest BCUT2D eigenvalue weighted by molar-refractivity contribution is -0.138. The Bertz CT molecular complexity index is 873. The van der Waals surface area contributed by atoms with Gasteiger partial charge >= 0.3 is 6.09 Å². The van der Waals surface area contributed by atoms with E-state index in [9.17, 15) is 19.2 Å². The molecular formula is C23H29I2N3O7. The van der Waals surface area contributed by atoms with Crippen molar-refractivity contribution in [2.45, 2.75) is 38.2 Å². The molecule has 0 bridgehead atoms. The number of amides is 4. The van der Waals surface area contributed by atoms with Crippen LogP contribution in [0.1, 0.15) is 32.1 Å². The molecule has 3 rings (SSSR count). The third kappa shape index (κ3) is 8.57. The summed E-state index contributed by atoms with van der Waals surface area (Å²) in [6, 6.07) is 0. The third-order valence-electron chi connectivity index (χ3n) is 5.90. The van der Waals surface area contributed by atoms with Gasteiger partial charge in [-0.15, -0.1) is 11.8 Å². The van der Waals surface area contributed by atoms with Crippen molar-refractivity contribution in [2.75, 3.05) is 46.1 Å².